The maximum atomic E-state index is 12.2. The molecule has 1 heterocycles. The van der Waals surface area contributed by atoms with Crippen molar-refractivity contribution in [2.45, 2.75) is 18.2 Å². The Labute approximate surface area is 132 Å². The Morgan fingerprint density at radius 3 is 2.64 bits per heavy atom. The second-order valence-corrected chi connectivity index (χ2v) is 5.59. The SMILES string of the molecule is CCc1cccc2nc(Oc3ccc(SC)cc3)oc(=O)c12. The largest absolute Gasteiger partial charge is 0.411 e. The van der Waals surface area contributed by atoms with Crippen LogP contribution in [0.1, 0.15) is 12.5 Å². The maximum absolute atomic E-state index is 12.2. The molecule has 0 bridgehead atoms. The van der Waals surface area contributed by atoms with Crippen LogP contribution in [0.15, 0.2) is 56.6 Å². The number of hydrogen-bond donors (Lipinski definition) is 0. The van der Waals surface area contributed by atoms with Crippen LogP contribution in [-0.2, 0) is 6.42 Å². The quantitative estimate of drug-likeness (QED) is 0.673. The van der Waals surface area contributed by atoms with Gasteiger partial charge in [-0.1, -0.05) is 19.1 Å². The van der Waals surface area contributed by atoms with Crippen LogP contribution in [0.2, 0.25) is 0 Å². The Morgan fingerprint density at radius 1 is 1.18 bits per heavy atom. The molecule has 0 saturated carbocycles. The zero-order valence-electron chi connectivity index (χ0n) is 12.3. The zero-order chi connectivity index (χ0) is 15.5. The Bertz CT molecular complexity index is 856. The Morgan fingerprint density at radius 2 is 1.95 bits per heavy atom. The van der Waals surface area contributed by atoms with Crippen LogP contribution in [0.5, 0.6) is 11.8 Å². The molecule has 0 fully saturated rings. The Kier molecular flexibility index (Phi) is 4.15. The predicted molar refractivity (Wildman–Crippen MR) is 88.0 cm³/mol. The predicted octanol–water partition coefficient (Wildman–Crippen LogP) is 4.26. The highest BCUT2D eigenvalue weighted by atomic mass is 32.2. The number of aryl methyl sites for hydroxylation is 1. The number of aromatic nitrogens is 1. The summed E-state index contributed by atoms with van der Waals surface area (Å²) in [5.74, 6) is 0.583. The molecule has 0 aliphatic carbocycles. The van der Waals surface area contributed by atoms with E-state index in [-0.39, 0.29) is 6.08 Å². The van der Waals surface area contributed by atoms with Crippen molar-refractivity contribution in [3.05, 3.63) is 58.4 Å². The lowest BCUT2D eigenvalue weighted by atomic mass is 10.1. The van der Waals surface area contributed by atoms with Crippen molar-refractivity contribution in [3.63, 3.8) is 0 Å². The van der Waals surface area contributed by atoms with Gasteiger partial charge in [0.05, 0.1) is 10.9 Å². The average Bonchev–Trinajstić information content (AvgIpc) is 2.55. The molecule has 5 heteroatoms. The van der Waals surface area contributed by atoms with Crippen molar-refractivity contribution in [1.82, 2.24) is 4.98 Å². The molecule has 0 N–H and O–H groups in total. The van der Waals surface area contributed by atoms with Crippen molar-refractivity contribution in [2.24, 2.45) is 0 Å². The number of fused-ring (bicyclic) bond motifs is 1. The molecular weight excluding hydrogens is 298 g/mol. The average molecular weight is 313 g/mol. The number of hydrogen-bond acceptors (Lipinski definition) is 5. The van der Waals surface area contributed by atoms with E-state index in [0.717, 1.165) is 16.9 Å². The zero-order valence-corrected chi connectivity index (χ0v) is 13.1. The van der Waals surface area contributed by atoms with Gasteiger partial charge in [-0.25, -0.2) is 4.79 Å². The number of rotatable bonds is 4. The third-order valence-electron chi connectivity index (χ3n) is 3.37. The smallest absolute Gasteiger partial charge is 0.402 e. The summed E-state index contributed by atoms with van der Waals surface area (Å²) in [5, 5.41) is 0.523. The second kappa shape index (κ2) is 6.23. The molecule has 1 aromatic heterocycles. The van der Waals surface area contributed by atoms with E-state index in [9.17, 15) is 4.79 Å². The molecule has 0 radical (unpaired) electrons. The fourth-order valence-electron chi connectivity index (χ4n) is 2.25. The minimum Gasteiger partial charge on any atom is -0.411 e. The Balaban J connectivity index is 1.99. The molecule has 3 aromatic rings. The molecule has 112 valence electrons. The minimum absolute atomic E-state index is 0.0392. The molecule has 0 aliphatic heterocycles. The first-order valence-electron chi connectivity index (χ1n) is 6.96. The van der Waals surface area contributed by atoms with Crippen LogP contribution >= 0.6 is 11.8 Å². The fraction of sp³-hybridized carbons (Fsp3) is 0.176. The molecular formula is C17H15NO3S. The standard InChI is InChI=1S/C17H15NO3S/c1-3-11-5-4-6-14-15(11)16(19)21-17(18-14)20-12-7-9-13(22-2)10-8-12/h4-10H,3H2,1-2H3. The monoisotopic (exact) mass is 313 g/mol. The molecule has 0 saturated heterocycles. The Hall–Kier alpha value is -2.27. The van der Waals surface area contributed by atoms with E-state index >= 15 is 0 Å². The van der Waals surface area contributed by atoms with Crippen LogP contribution < -0.4 is 10.4 Å². The highest BCUT2D eigenvalue weighted by Gasteiger charge is 2.11. The lowest BCUT2D eigenvalue weighted by molar-refractivity contribution is 0.306. The molecule has 0 aliphatic rings. The molecule has 3 rings (SSSR count). The van der Waals surface area contributed by atoms with Crippen molar-refractivity contribution in [2.75, 3.05) is 6.26 Å². The normalized spacial score (nSPS) is 10.8. The molecule has 0 atom stereocenters. The highest BCUT2D eigenvalue weighted by Crippen LogP contribution is 2.24. The first-order chi connectivity index (χ1) is 10.7. The minimum atomic E-state index is -0.418. The molecule has 0 amide bonds. The van der Waals surface area contributed by atoms with E-state index in [0.29, 0.717) is 16.7 Å². The van der Waals surface area contributed by atoms with Gasteiger partial charge in [0.25, 0.3) is 0 Å². The second-order valence-electron chi connectivity index (χ2n) is 4.71. The lowest BCUT2D eigenvalue weighted by Gasteiger charge is -2.06. The summed E-state index contributed by atoms with van der Waals surface area (Å²) >= 11 is 1.65. The molecule has 22 heavy (non-hydrogen) atoms. The van der Waals surface area contributed by atoms with Gasteiger partial charge in [0.15, 0.2) is 0 Å². The number of ether oxygens (including phenoxy) is 1. The summed E-state index contributed by atoms with van der Waals surface area (Å²) in [6.45, 7) is 1.99. The lowest BCUT2D eigenvalue weighted by Crippen LogP contribution is -2.05. The third-order valence-corrected chi connectivity index (χ3v) is 4.11. The van der Waals surface area contributed by atoms with Crippen LogP contribution in [0.25, 0.3) is 10.9 Å². The number of nitrogens with zero attached hydrogens (tertiary/aromatic N) is 1. The summed E-state index contributed by atoms with van der Waals surface area (Å²) in [6.07, 6.45) is 2.72. The van der Waals surface area contributed by atoms with Gasteiger partial charge < -0.3 is 9.15 Å². The molecule has 0 spiro atoms. The first kappa shape index (κ1) is 14.7. The van der Waals surface area contributed by atoms with Gasteiger partial charge in [0.1, 0.15) is 5.75 Å². The van der Waals surface area contributed by atoms with Gasteiger partial charge in [-0.2, -0.15) is 4.98 Å². The van der Waals surface area contributed by atoms with Crippen LogP contribution in [0.4, 0.5) is 0 Å². The van der Waals surface area contributed by atoms with Gasteiger partial charge in [0.2, 0.25) is 0 Å². The van der Waals surface area contributed by atoms with Crippen molar-refractivity contribution < 1.29 is 9.15 Å². The highest BCUT2D eigenvalue weighted by molar-refractivity contribution is 7.98. The van der Waals surface area contributed by atoms with Crippen molar-refractivity contribution in [3.8, 4) is 11.8 Å². The molecule has 2 aromatic carbocycles. The van der Waals surface area contributed by atoms with Crippen LogP contribution in [0.3, 0.4) is 0 Å². The van der Waals surface area contributed by atoms with E-state index in [2.05, 4.69) is 4.98 Å². The van der Waals surface area contributed by atoms with E-state index < -0.39 is 5.63 Å². The van der Waals surface area contributed by atoms with Crippen molar-refractivity contribution >= 4 is 22.7 Å². The van der Waals surface area contributed by atoms with Gasteiger partial charge in [-0.3, -0.25) is 0 Å². The van der Waals surface area contributed by atoms with Gasteiger partial charge in [-0.15, -0.1) is 11.8 Å². The van der Waals surface area contributed by atoms with E-state index in [1.165, 1.54) is 0 Å². The van der Waals surface area contributed by atoms with Crippen LogP contribution in [0, 0.1) is 0 Å². The van der Waals surface area contributed by atoms with Gasteiger partial charge in [-0.05, 0) is 48.6 Å². The summed E-state index contributed by atoms with van der Waals surface area (Å²) in [7, 11) is 0. The molecule has 4 nitrogen and oxygen atoms in total. The summed E-state index contributed by atoms with van der Waals surface area (Å²) < 4.78 is 10.8. The van der Waals surface area contributed by atoms with Gasteiger partial charge in [0, 0.05) is 4.90 Å². The molecule has 0 unspecified atom stereocenters. The van der Waals surface area contributed by atoms with Gasteiger partial charge >= 0.3 is 11.7 Å². The van der Waals surface area contributed by atoms with Crippen molar-refractivity contribution in [1.29, 1.82) is 0 Å². The summed E-state index contributed by atoms with van der Waals surface area (Å²) in [4.78, 5) is 17.6. The topological polar surface area (TPSA) is 52.3 Å². The van der Waals surface area contributed by atoms with E-state index in [1.54, 1.807) is 17.8 Å². The van der Waals surface area contributed by atoms with E-state index in [4.69, 9.17) is 9.15 Å². The van der Waals surface area contributed by atoms with E-state index in [1.807, 2.05) is 49.6 Å². The maximum Gasteiger partial charge on any atom is 0.402 e. The summed E-state index contributed by atoms with van der Waals surface area (Å²) in [5.41, 5.74) is 1.10. The number of benzene rings is 2. The summed E-state index contributed by atoms with van der Waals surface area (Å²) in [6, 6.07) is 13.1. The third kappa shape index (κ3) is 2.85. The number of thioether (sulfide) groups is 1. The first-order valence-corrected chi connectivity index (χ1v) is 8.18. The van der Waals surface area contributed by atoms with Crippen LogP contribution in [-0.4, -0.2) is 11.2 Å². The fourth-order valence-corrected chi connectivity index (χ4v) is 2.66.